The second-order valence-electron chi connectivity index (χ2n) is 4.93. The van der Waals surface area contributed by atoms with Gasteiger partial charge >= 0.3 is 0 Å². The van der Waals surface area contributed by atoms with Gasteiger partial charge in [-0.3, -0.25) is 0 Å². The third-order valence-electron chi connectivity index (χ3n) is 3.48. The van der Waals surface area contributed by atoms with Crippen molar-refractivity contribution >= 4 is 0 Å². The molecule has 2 rings (SSSR count). The Morgan fingerprint density at radius 3 is 2.16 bits per heavy atom. The van der Waals surface area contributed by atoms with E-state index in [9.17, 15) is 0 Å². The van der Waals surface area contributed by atoms with E-state index in [0.29, 0.717) is 5.92 Å². The van der Waals surface area contributed by atoms with Crippen LogP contribution in [0.5, 0.6) is 5.75 Å². The van der Waals surface area contributed by atoms with Crippen molar-refractivity contribution < 1.29 is 4.74 Å². The molecule has 2 aromatic carbocycles. The lowest BCUT2D eigenvalue weighted by Crippen LogP contribution is -2.26. The predicted octanol–water partition coefficient (Wildman–Crippen LogP) is 3.37. The topological polar surface area (TPSA) is 35.2 Å². The molecule has 2 unspecified atom stereocenters. The zero-order valence-corrected chi connectivity index (χ0v) is 11.5. The van der Waals surface area contributed by atoms with Crippen molar-refractivity contribution in [2.75, 3.05) is 7.11 Å². The number of ether oxygens (including phenoxy) is 1. The summed E-state index contributed by atoms with van der Waals surface area (Å²) in [7, 11) is 1.68. The van der Waals surface area contributed by atoms with E-state index in [2.05, 4.69) is 43.3 Å². The van der Waals surface area contributed by atoms with Crippen molar-refractivity contribution in [3.05, 3.63) is 65.7 Å². The van der Waals surface area contributed by atoms with Crippen molar-refractivity contribution in [3.8, 4) is 5.75 Å². The van der Waals surface area contributed by atoms with Gasteiger partial charge in [-0.05, 0) is 36.6 Å². The van der Waals surface area contributed by atoms with Crippen LogP contribution < -0.4 is 10.5 Å². The third kappa shape index (κ3) is 3.58. The Morgan fingerprint density at radius 2 is 1.63 bits per heavy atom. The van der Waals surface area contributed by atoms with E-state index >= 15 is 0 Å². The van der Waals surface area contributed by atoms with Gasteiger partial charge < -0.3 is 10.5 Å². The molecule has 2 heteroatoms. The Bertz CT molecular complexity index is 490. The number of rotatable bonds is 5. The van der Waals surface area contributed by atoms with E-state index in [1.165, 1.54) is 11.1 Å². The minimum Gasteiger partial charge on any atom is -0.497 e. The van der Waals surface area contributed by atoms with Gasteiger partial charge in [0.05, 0.1) is 7.11 Å². The molecule has 0 bridgehead atoms. The fourth-order valence-electron chi connectivity index (χ4n) is 2.33. The highest BCUT2D eigenvalue weighted by Crippen LogP contribution is 2.25. The van der Waals surface area contributed by atoms with E-state index in [-0.39, 0.29) is 6.04 Å². The van der Waals surface area contributed by atoms with Crippen LogP contribution in [0.3, 0.4) is 0 Å². The standard InChI is InChI=1S/C17H21NO/c1-13(18)17(12-14-6-4-3-5-7-14)15-8-10-16(19-2)11-9-15/h3-11,13,17H,12,18H2,1-2H3. The van der Waals surface area contributed by atoms with Gasteiger partial charge in [-0.25, -0.2) is 0 Å². The quantitative estimate of drug-likeness (QED) is 0.889. The molecule has 0 heterocycles. The summed E-state index contributed by atoms with van der Waals surface area (Å²) < 4.78 is 5.20. The Balaban J connectivity index is 2.19. The molecule has 2 aromatic rings. The highest BCUT2D eigenvalue weighted by molar-refractivity contribution is 5.31. The first-order chi connectivity index (χ1) is 9.20. The van der Waals surface area contributed by atoms with Crippen molar-refractivity contribution in [2.45, 2.75) is 25.3 Å². The first-order valence-corrected chi connectivity index (χ1v) is 6.64. The molecule has 0 aromatic heterocycles. The average Bonchev–Trinajstić information content (AvgIpc) is 2.46. The summed E-state index contributed by atoms with van der Waals surface area (Å²) in [4.78, 5) is 0. The largest absolute Gasteiger partial charge is 0.497 e. The van der Waals surface area contributed by atoms with Crippen LogP contribution in [0.25, 0.3) is 0 Å². The summed E-state index contributed by atoms with van der Waals surface area (Å²) in [5.41, 5.74) is 8.74. The molecule has 0 aliphatic heterocycles. The van der Waals surface area contributed by atoms with Crippen molar-refractivity contribution in [1.29, 1.82) is 0 Å². The Labute approximate surface area is 115 Å². The number of methoxy groups -OCH3 is 1. The van der Waals surface area contributed by atoms with Crippen LogP contribution in [-0.4, -0.2) is 13.2 Å². The molecule has 0 spiro atoms. The third-order valence-corrected chi connectivity index (χ3v) is 3.48. The van der Waals surface area contributed by atoms with E-state index in [1.54, 1.807) is 7.11 Å². The van der Waals surface area contributed by atoms with Gasteiger partial charge in [0.15, 0.2) is 0 Å². The predicted molar refractivity (Wildman–Crippen MR) is 79.5 cm³/mol. The SMILES string of the molecule is COc1ccc(C(Cc2ccccc2)C(C)N)cc1. The minimum absolute atomic E-state index is 0.119. The second kappa shape index (κ2) is 6.39. The van der Waals surface area contributed by atoms with Crippen LogP contribution in [0.4, 0.5) is 0 Å². The number of hydrogen-bond acceptors (Lipinski definition) is 2. The lowest BCUT2D eigenvalue weighted by Gasteiger charge is -2.21. The summed E-state index contributed by atoms with van der Waals surface area (Å²) in [5.74, 6) is 1.21. The van der Waals surface area contributed by atoms with E-state index in [4.69, 9.17) is 10.5 Å². The smallest absolute Gasteiger partial charge is 0.118 e. The fourth-order valence-corrected chi connectivity index (χ4v) is 2.33. The molecule has 0 amide bonds. The molecule has 0 aliphatic rings. The molecule has 0 saturated carbocycles. The molecule has 19 heavy (non-hydrogen) atoms. The van der Waals surface area contributed by atoms with Gasteiger partial charge in [0, 0.05) is 12.0 Å². The molecule has 0 fully saturated rings. The monoisotopic (exact) mass is 255 g/mol. The molecule has 0 saturated heterocycles. The van der Waals surface area contributed by atoms with Gasteiger partial charge in [0.2, 0.25) is 0 Å². The highest BCUT2D eigenvalue weighted by Gasteiger charge is 2.16. The Hall–Kier alpha value is -1.80. The first kappa shape index (κ1) is 13.6. The maximum absolute atomic E-state index is 6.16. The lowest BCUT2D eigenvalue weighted by molar-refractivity contribution is 0.414. The molecule has 2 atom stereocenters. The van der Waals surface area contributed by atoms with Crippen molar-refractivity contribution in [3.63, 3.8) is 0 Å². The Kier molecular flexibility index (Phi) is 4.58. The van der Waals surface area contributed by atoms with Crippen LogP contribution in [0, 0.1) is 0 Å². The maximum Gasteiger partial charge on any atom is 0.118 e. The van der Waals surface area contributed by atoms with E-state index in [1.807, 2.05) is 18.2 Å². The summed E-state index contributed by atoms with van der Waals surface area (Å²) >= 11 is 0. The lowest BCUT2D eigenvalue weighted by atomic mass is 9.87. The fraction of sp³-hybridized carbons (Fsp3) is 0.294. The summed E-state index contributed by atoms with van der Waals surface area (Å²) in [6, 6.07) is 18.8. The number of benzene rings is 2. The zero-order chi connectivity index (χ0) is 13.7. The van der Waals surface area contributed by atoms with Crippen LogP contribution in [-0.2, 0) is 6.42 Å². The summed E-state index contributed by atoms with van der Waals surface area (Å²) in [6.45, 7) is 2.07. The first-order valence-electron chi connectivity index (χ1n) is 6.64. The normalized spacial score (nSPS) is 13.8. The van der Waals surface area contributed by atoms with Crippen molar-refractivity contribution in [2.24, 2.45) is 5.73 Å². The highest BCUT2D eigenvalue weighted by atomic mass is 16.5. The molecule has 0 radical (unpaired) electrons. The maximum atomic E-state index is 6.16. The van der Waals surface area contributed by atoms with Gasteiger partial charge in [-0.2, -0.15) is 0 Å². The van der Waals surface area contributed by atoms with Gasteiger partial charge in [-0.15, -0.1) is 0 Å². The summed E-state index contributed by atoms with van der Waals surface area (Å²) in [5, 5.41) is 0. The van der Waals surface area contributed by atoms with Crippen LogP contribution in [0.2, 0.25) is 0 Å². The van der Waals surface area contributed by atoms with Gasteiger partial charge in [0.1, 0.15) is 5.75 Å². The average molecular weight is 255 g/mol. The number of nitrogens with two attached hydrogens (primary N) is 1. The van der Waals surface area contributed by atoms with Crippen LogP contribution >= 0.6 is 0 Å². The molecular weight excluding hydrogens is 234 g/mol. The van der Waals surface area contributed by atoms with E-state index in [0.717, 1.165) is 12.2 Å². The summed E-state index contributed by atoms with van der Waals surface area (Å²) in [6.07, 6.45) is 0.963. The zero-order valence-electron chi connectivity index (χ0n) is 11.5. The molecule has 2 nitrogen and oxygen atoms in total. The van der Waals surface area contributed by atoms with Crippen LogP contribution in [0.15, 0.2) is 54.6 Å². The van der Waals surface area contributed by atoms with Crippen molar-refractivity contribution in [1.82, 2.24) is 0 Å². The molecule has 2 N–H and O–H groups in total. The number of hydrogen-bond donors (Lipinski definition) is 1. The van der Waals surface area contributed by atoms with Gasteiger partial charge in [-0.1, -0.05) is 42.5 Å². The minimum atomic E-state index is 0.119. The molecule has 0 aliphatic carbocycles. The second-order valence-corrected chi connectivity index (χ2v) is 4.93. The molecular formula is C17H21NO. The molecule has 100 valence electrons. The van der Waals surface area contributed by atoms with Crippen LogP contribution in [0.1, 0.15) is 24.0 Å². The Morgan fingerprint density at radius 1 is 1.00 bits per heavy atom. The van der Waals surface area contributed by atoms with Gasteiger partial charge in [0.25, 0.3) is 0 Å². The van der Waals surface area contributed by atoms with E-state index < -0.39 is 0 Å².